The second kappa shape index (κ2) is 30.4. The molecule has 2 bridgehead atoms. The number of fused-ring (bicyclic) bond motifs is 2. The van der Waals surface area contributed by atoms with Crippen molar-refractivity contribution in [1.29, 1.82) is 0 Å². The van der Waals surface area contributed by atoms with Crippen LogP contribution in [0.4, 0.5) is 0 Å². The minimum Gasteiger partial charge on any atom is -0.508 e. The summed E-state index contributed by atoms with van der Waals surface area (Å²) in [7, 11) is 1.35. The fourth-order valence-corrected chi connectivity index (χ4v) is 11.5. The Morgan fingerprint density at radius 3 is 1.91 bits per heavy atom. The first-order valence-electron chi connectivity index (χ1n) is 30.0. The molecule has 4 aliphatic rings. The minimum absolute atomic E-state index is 0.0390. The molecule has 85 heavy (non-hydrogen) atoms. The van der Waals surface area contributed by atoms with Crippen LogP contribution in [0.2, 0.25) is 0 Å². The summed E-state index contributed by atoms with van der Waals surface area (Å²) in [6.45, 7) is 13.6. The molecular weight excluding hydrogens is 1100 g/mol. The monoisotopic (exact) mass is 1190 g/mol. The third-order valence-corrected chi connectivity index (χ3v) is 16.2. The maximum absolute atomic E-state index is 15.2. The molecule has 4 heterocycles. The van der Waals surface area contributed by atoms with E-state index in [0.29, 0.717) is 43.4 Å². The Morgan fingerprint density at radius 2 is 1.31 bits per heavy atom. The molecule has 0 radical (unpaired) electrons. The van der Waals surface area contributed by atoms with E-state index in [1.165, 1.54) is 42.8 Å². The third kappa shape index (κ3) is 17.1. The smallest absolute Gasteiger partial charge is 0.329 e. The average molecular weight is 1190 g/mol. The van der Waals surface area contributed by atoms with Crippen LogP contribution in [0, 0.1) is 11.8 Å². The van der Waals surface area contributed by atoms with E-state index in [0.717, 1.165) is 9.80 Å². The maximum Gasteiger partial charge on any atom is 0.329 e. The van der Waals surface area contributed by atoms with Gasteiger partial charge >= 0.3 is 11.9 Å². The van der Waals surface area contributed by atoms with Gasteiger partial charge in [0.25, 0.3) is 0 Å². The van der Waals surface area contributed by atoms with Gasteiger partial charge < -0.3 is 65.9 Å². The highest BCUT2D eigenvalue weighted by molar-refractivity contribution is 5.99. The molecule has 24 heteroatoms. The summed E-state index contributed by atoms with van der Waals surface area (Å²) in [5.41, 5.74) is 1.08. The SMILES string of the molecule is CCCC(=O)N1CCC[C@H]1C(=O)N[C@H](C(=O)N[C@@H]1C(=O)NC(CC(C)C)C(=O)N[C@H]2CC[C@@H](O)N(C2=O)[C@@H](Cc2ccccc2)C(=O)N(C)[C@@H](Cc2ccc(O)cc2)C(=O)N[C@@H](C(C)C)C(=O)O[C@@H]1C)[C@@H](C)OC(=O)[C@@H]1CCCN1C(=O)CCC. The molecule has 0 saturated carbocycles. The van der Waals surface area contributed by atoms with Crippen molar-refractivity contribution in [3.8, 4) is 5.75 Å². The van der Waals surface area contributed by atoms with Gasteiger partial charge in [-0.15, -0.1) is 0 Å². The zero-order valence-corrected chi connectivity index (χ0v) is 50.4. The van der Waals surface area contributed by atoms with E-state index in [4.69, 9.17) is 9.47 Å². The van der Waals surface area contributed by atoms with Crippen LogP contribution in [0.5, 0.6) is 5.75 Å². The topological polar surface area (TPSA) is 320 Å². The molecule has 24 nitrogen and oxygen atoms in total. The Hall–Kier alpha value is -7.63. The first-order chi connectivity index (χ1) is 40.3. The van der Waals surface area contributed by atoms with Crippen molar-refractivity contribution in [2.24, 2.45) is 11.8 Å². The molecule has 0 aliphatic carbocycles. The van der Waals surface area contributed by atoms with E-state index >= 15 is 14.4 Å². The number of cyclic esters (lactones) is 1. The van der Waals surface area contributed by atoms with Crippen molar-refractivity contribution in [3.63, 3.8) is 0 Å². The number of ether oxygens (including phenoxy) is 2. The zero-order chi connectivity index (χ0) is 62.4. The van der Waals surface area contributed by atoms with Crippen LogP contribution in [-0.2, 0) is 75.1 Å². The molecule has 12 atom stereocenters. The number of carbonyl (C=O) groups is 11. The quantitative estimate of drug-likeness (QED) is 0.105. The average Bonchev–Trinajstić information content (AvgIpc) is 2.87. The molecule has 4 fully saturated rings. The van der Waals surface area contributed by atoms with E-state index < -0.39 is 132 Å². The second-order valence-corrected chi connectivity index (χ2v) is 23.6. The Morgan fingerprint density at radius 1 is 0.718 bits per heavy atom. The number of carbonyl (C=O) groups excluding carboxylic acids is 11. The number of rotatable bonds is 18. The Kier molecular flexibility index (Phi) is 23.8. The van der Waals surface area contributed by atoms with Crippen molar-refractivity contribution in [2.45, 2.75) is 212 Å². The zero-order valence-electron chi connectivity index (χ0n) is 50.4. The molecule has 7 N–H and O–H groups in total. The number of piperidine rings is 1. The molecule has 6 rings (SSSR count). The minimum atomic E-state index is -1.91. The van der Waals surface area contributed by atoms with Crippen molar-refractivity contribution < 1.29 is 72.4 Å². The Balaban J connectivity index is 1.42. The van der Waals surface area contributed by atoms with E-state index in [-0.39, 0.29) is 87.8 Å². The van der Waals surface area contributed by atoms with Crippen molar-refractivity contribution in [3.05, 3.63) is 65.7 Å². The summed E-state index contributed by atoms with van der Waals surface area (Å²) in [4.78, 5) is 164. The summed E-state index contributed by atoms with van der Waals surface area (Å²) >= 11 is 0. The first-order valence-corrected chi connectivity index (χ1v) is 30.0. The van der Waals surface area contributed by atoms with Gasteiger partial charge in [0.1, 0.15) is 78.6 Å². The van der Waals surface area contributed by atoms with Crippen LogP contribution in [0.1, 0.15) is 137 Å². The number of benzene rings is 2. The lowest BCUT2D eigenvalue weighted by Crippen LogP contribution is -2.65. The highest BCUT2D eigenvalue weighted by Gasteiger charge is 2.47. The second-order valence-electron chi connectivity index (χ2n) is 23.6. The van der Waals surface area contributed by atoms with Crippen molar-refractivity contribution in [2.75, 3.05) is 20.1 Å². The molecule has 4 saturated heterocycles. The van der Waals surface area contributed by atoms with Gasteiger partial charge in [-0.3, -0.25) is 43.2 Å². The van der Waals surface area contributed by atoms with Crippen LogP contribution in [0.15, 0.2) is 54.6 Å². The highest BCUT2D eigenvalue weighted by atomic mass is 16.6. The van der Waals surface area contributed by atoms with E-state index in [2.05, 4.69) is 26.6 Å². The van der Waals surface area contributed by atoms with Crippen LogP contribution in [-0.4, -0.2) is 188 Å². The number of likely N-dealkylation sites (N-methyl/N-ethyl adjacent to an activating group) is 1. The van der Waals surface area contributed by atoms with Gasteiger partial charge in [-0.05, 0) is 107 Å². The van der Waals surface area contributed by atoms with Crippen molar-refractivity contribution >= 4 is 65.1 Å². The van der Waals surface area contributed by atoms with Gasteiger partial charge in [-0.1, -0.05) is 84.0 Å². The predicted molar refractivity (Wildman–Crippen MR) is 309 cm³/mol. The molecule has 466 valence electrons. The number of esters is 2. The largest absolute Gasteiger partial charge is 0.508 e. The third-order valence-electron chi connectivity index (χ3n) is 16.2. The molecule has 4 aliphatic heterocycles. The summed E-state index contributed by atoms with van der Waals surface area (Å²) in [6.07, 6.45) is -2.35. The molecule has 1 unspecified atom stereocenters. The number of hydrogen-bond donors (Lipinski definition) is 7. The van der Waals surface area contributed by atoms with Crippen LogP contribution in [0.3, 0.4) is 0 Å². The van der Waals surface area contributed by atoms with Gasteiger partial charge in [0.05, 0.1) is 0 Å². The fourth-order valence-electron chi connectivity index (χ4n) is 11.5. The number of likely N-dealkylation sites (tertiary alicyclic amines) is 2. The number of aromatic hydroxyl groups is 1. The lowest BCUT2D eigenvalue weighted by atomic mass is 9.95. The predicted octanol–water partition coefficient (Wildman–Crippen LogP) is 1.90. The van der Waals surface area contributed by atoms with Gasteiger partial charge in [0.15, 0.2) is 0 Å². The Bertz CT molecular complexity index is 2730. The number of hydrogen-bond acceptors (Lipinski definition) is 15. The molecule has 9 amide bonds. The number of nitrogens with one attached hydrogen (secondary N) is 5. The normalized spacial score (nSPS) is 26.3. The van der Waals surface area contributed by atoms with E-state index in [1.54, 1.807) is 70.2 Å². The number of phenols is 1. The summed E-state index contributed by atoms with van der Waals surface area (Å²) in [5, 5.41) is 35.3. The number of nitrogens with zero attached hydrogens (tertiary/aromatic N) is 4. The van der Waals surface area contributed by atoms with Crippen LogP contribution >= 0.6 is 0 Å². The van der Waals surface area contributed by atoms with Crippen LogP contribution in [0.25, 0.3) is 0 Å². The van der Waals surface area contributed by atoms with Crippen LogP contribution < -0.4 is 26.6 Å². The summed E-state index contributed by atoms with van der Waals surface area (Å²) in [6, 6.07) is 1.69. The molecule has 2 aromatic rings. The van der Waals surface area contributed by atoms with Gasteiger partial charge in [-0.25, -0.2) is 9.59 Å². The summed E-state index contributed by atoms with van der Waals surface area (Å²) in [5.74, 6) is -9.83. The number of aliphatic hydroxyl groups is 1. The molecule has 0 spiro atoms. The summed E-state index contributed by atoms with van der Waals surface area (Å²) < 4.78 is 12.0. The van der Waals surface area contributed by atoms with E-state index in [1.807, 2.05) is 13.8 Å². The fraction of sp³-hybridized carbons (Fsp3) is 0.623. The standard InChI is InChI=1S/C61H87N9O15/c1-10-17-47(72)68-29-15-21-43(68)54(76)65-52(36(7)84-60(82)44-22-16-30-69(44)48(73)18-11-2)57(79)66-51-37(8)85-61(83)50(35(5)6)64-55(77)45(32-39-23-25-40(71)26-24-39)67(9)59(81)46(33-38-19-13-12-14-20-38)70-49(74)28-27-41(58(70)80)62-53(75)42(31-34(3)4)63-56(51)78/h12-14,19-20,23-26,34-37,41-46,49-52,71,74H,10-11,15-18,21-22,27-33H2,1-9H3,(H,62,75)(H,63,78)(H,64,77)(H,65,76)(H,66,79)/t36-,37-,41+,42?,43+,44+,45+,46+,49-,50+,51+,52+/m1/s1. The van der Waals surface area contributed by atoms with Gasteiger partial charge in [0.2, 0.25) is 53.2 Å². The number of phenolic OH excluding ortho intramolecular Hbond substituents is 1. The Labute approximate surface area is 497 Å². The lowest BCUT2D eigenvalue weighted by molar-refractivity contribution is -0.165. The highest BCUT2D eigenvalue weighted by Crippen LogP contribution is 2.27. The molecule has 2 aromatic carbocycles. The number of aliphatic hydroxyl groups excluding tert-OH is 1. The first kappa shape index (κ1) is 66.5. The van der Waals surface area contributed by atoms with Gasteiger partial charge in [0, 0.05) is 45.8 Å². The number of amides is 9. The lowest BCUT2D eigenvalue weighted by Gasteiger charge is -2.43. The van der Waals surface area contributed by atoms with Gasteiger partial charge in [-0.2, -0.15) is 0 Å². The van der Waals surface area contributed by atoms with E-state index in [9.17, 15) is 48.6 Å². The molecular formula is C61H87N9O15. The van der Waals surface area contributed by atoms with Crippen molar-refractivity contribution in [1.82, 2.24) is 46.2 Å². The molecule has 0 aromatic heterocycles. The maximum atomic E-state index is 15.2.